The predicted molar refractivity (Wildman–Crippen MR) is 60.6 cm³/mol. The van der Waals surface area contributed by atoms with Gasteiger partial charge in [0.1, 0.15) is 12.1 Å². The maximum absolute atomic E-state index is 13.4. The Morgan fingerprint density at radius 2 is 1.94 bits per heavy atom. The molecule has 1 fully saturated rings. The first-order valence-corrected chi connectivity index (χ1v) is 5.62. The van der Waals surface area contributed by atoms with Crippen LogP contribution in [0.15, 0.2) is 24.5 Å². The number of nitrogens with zero attached hydrogens (tertiary/aromatic N) is 5. The van der Waals surface area contributed by atoms with E-state index in [-0.39, 0.29) is 5.82 Å². The van der Waals surface area contributed by atoms with E-state index >= 15 is 0 Å². The molecule has 1 aliphatic rings. The molecule has 6 heteroatoms. The number of anilines is 1. The van der Waals surface area contributed by atoms with Crippen molar-refractivity contribution >= 4 is 5.69 Å². The Kier molecular flexibility index (Phi) is 2.47. The molecule has 1 aromatic heterocycles. The van der Waals surface area contributed by atoms with Gasteiger partial charge in [0.2, 0.25) is 0 Å². The van der Waals surface area contributed by atoms with Crippen LogP contribution in [0.25, 0.3) is 5.69 Å². The molecular formula is C11H12FN5. The van der Waals surface area contributed by atoms with E-state index in [4.69, 9.17) is 0 Å². The summed E-state index contributed by atoms with van der Waals surface area (Å²) in [7, 11) is 0. The van der Waals surface area contributed by atoms with Gasteiger partial charge in [-0.25, -0.2) is 4.39 Å². The summed E-state index contributed by atoms with van der Waals surface area (Å²) in [4.78, 5) is 2.17. The molecule has 0 bridgehead atoms. The second-order valence-corrected chi connectivity index (χ2v) is 4.08. The fourth-order valence-electron chi connectivity index (χ4n) is 2.17. The summed E-state index contributed by atoms with van der Waals surface area (Å²) >= 11 is 0. The van der Waals surface area contributed by atoms with E-state index in [9.17, 15) is 4.39 Å². The highest BCUT2D eigenvalue weighted by atomic mass is 19.1. The number of rotatable bonds is 2. The average Bonchev–Trinajstić information content (AvgIpc) is 3.02. The van der Waals surface area contributed by atoms with Crippen LogP contribution in [-0.4, -0.2) is 33.3 Å². The number of tetrazole rings is 1. The highest BCUT2D eigenvalue weighted by molar-refractivity contribution is 5.62. The smallest absolute Gasteiger partial charge is 0.143 e. The predicted octanol–water partition coefficient (Wildman–Crippen LogP) is 1.40. The molecule has 1 aliphatic heterocycles. The molecular weight excluding hydrogens is 221 g/mol. The van der Waals surface area contributed by atoms with E-state index in [0.717, 1.165) is 37.3 Å². The summed E-state index contributed by atoms with van der Waals surface area (Å²) in [5.41, 5.74) is 1.67. The fourth-order valence-corrected chi connectivity index (χ4v) is 2.17. The van der Waals surface area contributed by atoms with Gasteiger partial charge in [-0.3, -0.25) is 0 Å². The van der Waals surface area contributed by atoms with E-state index < -0.39 is 0 Å². The van der Waals surface area contributed by atoms with Crippen molar-refractivity contribution in [3.05, 3.63) is 30.3 Å². The van der Waals surface area contributed by atoms with E-state index in [1.165, 1.54) is 12.4 Å². The molecule has 3 rings (SSSR count). The number of hydrogen-bond donors (Lipinski definition) is 0. The van der Waals surface area contributed by atoms with Crippen molar-refractivity contribution in [2.45, 2.75) is 12.8 Å². The lowest BCUT2D eigenvalue weighted by molar-refractivity contribution is 0.626. The van der Waals surface area contributed by atoms with Crippen LogP contribution < -0.4 is 4.90 Å². The zero-order valence-corrected chi connectivity index (χ0v) is 9.25. The van der Waals surface area contributed by atoms with Gasteiger partial charge in [0, 0.05) is 13.1 Å². The van der Waals surface area contributed by atoms with Crippen LogP contribution in [-0.2, 0) is 0 Å². The molecule has 1 aromatic carbocycles. The van der Waals surface area contributed by atoms with Crippen molar-refractivity contribution < 1.29 is 4.39 Å². The minimum Gasteiger partial charge on any atom is -0.370 e. The third-order valence-corrected chi connectivity index (χ3v) is 2.98. The van der Waals surface area contributed by atoms with Crippen molar-refractivity contribution in [1.29, 1.82) is 0 Å². The van der Waals surface area contributed by atoms with Gasteiger partial charge in [-0.2, -0.15) is 4.68 Å². The quantitative estimate of drug-likeness (QED) is 0.786. The van der Waals surface area contributed by atoms with Crippen LogP contribution in [0.2, 0.25) is 0 Å². The molecule has 0 amide bonds. The molecule has 5 nitrogen and oxygen atoms in total. The lowest BCUT2D eigenvalue weighted by Gasteiger charge is -2.20. The Balaban J connectivity index is 2.07. The zero-order valence-electron chi connectivity index (χ0n) is 9.25. The van der Waals surface area contributed by atoms with Crippen LogP contribution >= 0.6 is 0 Å². The van der Waals surface area contributed by atoms with Crippen molar-refractivity contribution in [3.8, 4) is 5.69 Å². The molecule has 17 heavy (non-hydrogen) atoms. The first-order valence-electron chi connectivity index (χ1n) is 5.62. The SMILES string of the molecule is Fc1ccc(-n2cnnn2)c(N2CCCC2)c1. The number of aromatic nitrogens is 4. The van der Waals surface area contributed by atoms with Gasteiger partial charge < -0.3 is 4.90 Å². The Morgan fingerprint density at radius 1 is 1.12 bits per heavy atom. The third-order valence-electron chi connectivity index (χ3n) is 2.98. The van der Waals surface area contributed by atoms with E-state index in [1.807, 2.05) is 0 Å². The van der Waals surface area contributed by atoms with Crippen molar-refractivity contribution in [1.82, 2.24) is 20.2 Å². The average molecular weight is 233 g/mol. The summed E-state index contributed by atoms with van der Waals surface area (Å²) in [6.45, 7) is 1.91. The first-order chi connectivity index (χ1) is 8.34. The van der Waals surface area contributed by atoms with E-state index in [2.05, 4.69) is 20.4 Å². The minimum absolute atomic E-state index is 0.233. The summed E-state index contributed by atoms with van der Waals surface area (Å²) in [6.07, 6.45) is 3.81. The second-order valence-electron chi connectivity index (χ2n) is 4.08. The second kappa shape index (κ2) is 4.12. The molecule has 2 aromatic rings. The van der Waals surface area contributed by atoms with Crippen LogP contribution in [0, 0.1) is 5.82 Å². The Labute approximate surface area is 97.9 Å². The monoisotopic (exact) mass is 233 g/mol. The highest BCUT2D eigenvalue weighted by Crippen LogP contribution is 2.27. The summed E-state index contributed by atoms with van der Waals surface area (Å²) in [5.74, 6) is -0.233. The molecule has 0 N–H and O–H groups in total. The van der Waals surface area contributed by atoms with Crippen LogP contribution in [0.3, 0.4) is 0 Å². The van der Waals surface area contributed by atoms with Crippen LogP contribution in [0.5, 0.6) is 0 Å². The van der Waals surface area contributed by atoms with Gasteiger partial charge in [0.15, 0.2) is 0 Å². The van der Waals surface area contributed by atoms with Crippen molar-refractivity contribution in [3.63, 3.8) is 0 Å². The van der Waals surface area contributed by atoms with E-state index in [0.29, 0.717) is 0 Å². The Bertz CT molecular complexity index is 505. The lowest BCUT2D eigenvalue weighted by atomic mass is 10.2. The van der Waals surface area contributed by atoms with Gasteiger partial charge in [0.05, 0.1) is 11.4 Å². The molecule has 0 radical (unpaired) electrons. The standard InChI is InChI=1S/C11H12FN5/c12-9-3-4-10(17-8-13-14-15-17)11(7-9)16-5-1-2-6-16/h3-4,7-8H,1-2,5-6H2. The lowest BCUT2D eigenvalue weighted by Crippen LogP contribution is -2.20. The Morgan fingerprint density at radius 3 is 2.65 bits per heavy atom. The van der Waals surface area contributed by atoms with Crippen LogP contribution in [0.4, 0.5) is 10.1 Å². The van der Waals surface area contributed by atoms with Gasteiger partial charge in [0.25, 0.3) is 0 Å². The first kappa shape index (κ1) is 10.2. The molecule has 88 valence electrons. The topological polar surface area (TPSA) is 46.8 Å². The molecule has 1 saturated heterocycles. The minimum atomic E-state index is -0.233. The molecule has 0 spiro atoms. The largest absolute Gasteiger partial charge is 0.370 e. The van der Waals surface area contributed by atoms with E-state index in [1.54, 1.807) is 16.8 Å². The Hall–Kier alpha value is -1.98. The summed E-state index contributed by atoms with van der Waals surface area (Å²) in [5, 5.41) is 11.1. The highest BCUT2D eigenvalue weighted by Gasteiger charge is 2.17. The molecule has 2 heterocycles. The normalized spacial score (nSPS) is 15.5. The van der Waals surface area contributed by atoms with Gasteiger partial charge in [-0.1, -0.05) is 0 Å². The number of halogens is 1. The summed E-state index contributed by atoms with van der Waals surface area (Å²) < 4.78 is 14.9. The van der Waals surface area contributed by atoms with Gasteiger partial charge in [-0.15, -0.1) is 5.10 Å². The van der Waals surface area contributed by atoms with Crippen LogP contribution in [0.1, 0.15) is 12.8 Å². The molecule has 0 aliphatic carbocycles. The van der Waals surface area contributed by atoms with Gasteiger partial charge in [-0.05, 0) is 41.5 Å². The van der Waals surface area contributed by atoms with Crippen molar-refractivity contribution in [2.75, 3.05) is 18.0 Å². The van der Waals surface area contributed by atoms with Gasteiger partial charge >= 0.3 is 0 Å². The third kappa shape index (κ3) is 1.86. The number of benzene rings is 1. The maximum atomic E-state index is 13.4. The fraction of sp³-hybridized carbons (Fsp3) is 0.364. The molecule has 0 saturated carbocycles. The van der Waals surface area contributed by atoms with Crippen molar-refractivity contribution in [2.24, 2.45) is 0 Å². The summed E-state index contributed by atoms with van der Waals surface area (Å²) in [6, 6.07) is 4.68. The maximum Gasteiger partial charge on any atom is 0.143 e. The zero-order chi connectivity index (χ0) is 11.7. The molecule has 0 unspecified atom stereocenters. The molecule has 0 atom stereocenters. The number of hydrogen-bond acceptors (Lipinski definition) is 4.